The van der Waals surface area contributed by atoms with E-state index in [0.29, 0.717) is 18.0 Å². The Bertz CT molecular complexity index is 556. The number of likely N-dealkylation sites (tertiary alicyclic amines) is 1. The molecule has 6 nitrogen and oxygen atoms in total. The van der Waals surface area contributed by atoms with Crippen LogP contribution < -0.4 is 14.8 Å². The van der Waals surface area contributed by atoms with Crippen LogP contribution >= 0.6 is 0 Å². The molecular formula is C18H27F3N2O4. The van der Waals surface area contributed by atoms with E-state index in [1.807, 2.05) is 17.0 Å². The van der Waals surface area contributed by atoms with Crippen molar-refractivity contribution in [1.82, 2.24) is 4.90 Å². The zero-order chi connectivity index (χ0) is 19.9. The normalized spacial score (nSPS) is 17.6. The minimum Gasteiger partial charge on any atom is -0.497 e. The molecular weight excluding hydrogens is 365 g/mol. The second-order valence-corrected chi connectivity index (χ2v) is 6.60. The summed E-state index contributed by atoms with van der Waals surface area (Å²) in [5.41, 5.74) is 0.908. The molecule has 1 saturated heterocycles. The fourth-order valence-electron chi connectivity index (χ4n) is 3.05. The van der Waals surface area contributed by atoms with Gasteiger partial charge in [0, 0.05) is 49.6 Å². The lowest BCUT2D eigenvalue weighted by Crippen LogP contribution is -2.43. The number of rotatable bonds is 9. The van der Waals surface area contributed by atoms with E-state index in [2.05, 4.69) is 10.1 Å². The molecule has 1 fully saturated rings. The molecule has 0 amide bonds. The summed E-state index contributed by atoms with van der Waals surface area (Å²) in [5, 5.41) is 13.3. The highest BCUT2D eigenvalue weighted by Crippen LogP contribution is 2.27. The number of nitrogens with one attached hydrogen (secondary N) is 1. The fraction of sp³-hybridized carbons (Fsp3) is 0.667. The van der Waals surface area contributed by atoms with Gasteiger partial charge in [-0.15, -0.1) is 0 Å². The van der Waals surface area contributed by atoms with E-state index < -0.39 is 18.9 Å². The van der Waals surface area contributed by atoms with Gasteiger partial charge in [0.05, 0.1) is 26.9 Å². The third-order valence-electron chi connectivity index (χ3n) is 4.35. The second kappa shape index (κ2) is 10.0. The maximum Gasteiger partial charge on any atom is 0.411 e. The van der Waals surface area contributed by atoms with Crippen molar-refractivity contribution in [1.29, 1.82) is 0 Å². The number of methoxy groups -OCH3 is 2. The molecule has 0 saturated carbocycles. The lowest BCUT2D eigenvalue weighted by molar-refractivity contribution is -0.179. The Balaban J connectivity index is 1.74. The summed E-state index contributed by atoms with van der Waals surface area (Å²) in [4.78, 5) is 2.03. The molecule has 27 heavy (non-hydrogen) atoms. The van der Waals surface area contributed by atoms with E-state index >= 15 is 0 Å². The van der Waals surface area contributed by atoms with Crippen LogP contribution in [0.1, 0.15) is 12.8 Å². The molecule has 2 N–H and O–H groups in total. The van der Waals surface area contributed by atoms with Crippen LogP contribution in [0.2, 0.25) is 0 Å². The highest BCUT2D eigenvalue weighted by atomic mass is 19.4. The van der Waals surface area contributed by atoms with Crippen molar-refractivity contribution in [2.75, 3.05) is 52.4 Å². The number of hydrogen-bond acceptors (Lipinski definition) is 6. The van der Waals surface area contributed by atoms with Crippen LogP contribution in [0.5, 0.6) is 11.5 Å². The van der Waals surface area contributed by atoms with Crippen molar-refractivity contribution in [3.8, 4) is 11.5 Å². The zero-order valence-corrected chi connectivity index (χ0v) is 15.6. The van der Waals surface area contributed by atoms with Gasteiger partial charge in [0.25, 0.3) is 0 Å². The number of anilines is 1. The largest absolute Gasteiger partial charge is 0.497 e. The smallest absolute Gasteiger partial charge is 0.411 e. The zero-order valence-electron chi connectivity index (χ0n) is 15.6. The summed E-state index contributed by atoms with van der Waals surface area (Å²) in [7, 11) is 3.20. The number of benzene rings is 1. The van der Waals surface area contributed by atoms with Gasteiger partial charge in [0.15, 0.2) is 0 Å². The van der Waals surface area contributed by atoms with Crippen molar-refractivity contribution in [3.63, 3.8) is 0 Å². The van der Waals surface area contributed by atoms with Crippen LogP contribution in [0, 0.1) is 0 Å². The lowest BCUT2D eigenvalue weighted by atomic mass is 10.0. The Hall–Kier alpha value is -1.71. The third-order valence-corrected chi connectivity index (χ3v) is 4.35. The Morgan fingerprint density at radius 3 is 2.26 bits per heavy atom. The van der Waals surface area contributed by atoms with Gasteiger partial charge in [0.2, 0.25) is 0 Å². The minimum absolute atomic E-state index is 0.261. The first-order chi connectivity index (χ1) is 12.8. The average Bonchev–Trinajstić information content (AvgIpc) is 2.62. The first-order valence-electron chi connectivity index (χ1n) is 8.83. The second-order valence-electron chi connectivity index (χ2n) is 6.60. The topological polar surface area (TPSA) is 63.2 Å². The molecule has 1 aliphatic rings. The summed E-state index contributed by atoms with van der Waals surface area (Å²) in [6.07, 6.45) is -3.59. The van der Waals surface area contributed by atoms with Crippen molar-refractivity contribution in [2.24, 2.45) is 0 Å². The molecule has 0 aromatic heterocycles. The van der Waals surface area contributed by atoms with Gasteiger partial charge in [-0.05, 0) is 12.8 Å². The van der Waals surface area contributed by atoms with Crippen molar-refractivity contribution < 1.29 is 32.5 Å². The number of hydrogen-bond donors (Lipinski definition) is 2. The highest BCUT2D eigenvalue weighted by molar-refractivity contribution is 5.54. The van der Waals surface area contributed by atoms with Gasteiger partial charge < -0.3 is 29.5 Å². The minimum atomic E-state index is -4.37. The molecule has 0 spiro atoms. The van der Waals surface area contributed by atoms with Gasteiger partial charge in [-0.3, -0.25) is 0 Å². The highest BCUT2D eigenvalue weighted by Gasteiger charge is 2.28. The molecule has 9 heteroatoms. The SMILES string of the molecule is COc1cc(NC2CCN(CC(O)COCC(F)(F)F)CC2)cc(OC)c1. The molecule has 1 aromatic rings. The molecule has 0 radical (unpaired) electrons. The molecule has 1 heterocycles. The maximum absolute atomic E-state index is 12.0. The van der Waals surface area contributed by atoms with Gasteiger partial charge in [-0.2, -0.15) is 13.2 Å². The van der Waals surface area contributed by atoms with Gasteiger partial charge in [-0.1, -0.05) is 0 Å². The number of nitrogens with zero attached hydrogens (tertiary/aromatic N) is 1. The number of aliphatic hydroxyl groups excluding tert-OH is 1. The van der Waals surface area contributed by atoms with Gasteiger partial charge >= 0.3 is 6.18 Å². The summed E-state index contributed by atoms with van der Waals surface area (Å²) < 4.78 is 51.2. The van der Waals surface area contributed by atoms with E-state index in [1.54, 1.807) is 20.3 Å². The molecule has 1 atom stereocenters. The molecule has 0 aliphatic carbocycles. The quantitative estimate of drug-likeness (QED) is 0.674. The van der Waals surface area contributed by atoms with Gasteiger partial charge in [0.1, 0.15) is 18.1 Å². The van der Waals surface area contributed by atoms with Crippen LogP contribution in [0.15, 0.2) is 18.2 Å². The number of β-amino-alcohol motifs (C(OH)–C–C–N with tert-alkyl or cyclic N) is 1. The van der Waals surface area contributed by atoms with Crippen LogP contribution in [0.3, 0.4) is 0 Å². The number of ether oxygens (including phenoxy) is 3. The molecule has 0 bridgehead atoms. The molecule has 1 unspecified atom stereocenters. The first kappa shape index (κ1) is 21.6. The third kappa shape index (κ3) is 7.82. The van der Waals surface area contributed by atoms with Crippen LogP contribution in [0.25, 0.3) is 0 Å². The summed E-state index contributed by atoms with van der Waals surface area (Å²) >= 11 is 0. The predicted octanol–water partition coefficient (Wildman–Crippen LogP) is 2.52. The molecule has 154 valence electrons. The van der Waals surface area contributed by atoms with Crippen molar-refractivity contribution in [3.05, 3.63) is 18.2 Å². The first-order valence-corrected chi connectivity index (χ1v) is 8.83. The molecule has 1 aliphatic heterocycles. The monoisotopic (exact) mass is 392 g/mol. The Morgan fingerprint density at radius 1 is 1.15 bits per heavy atom. The van der Waals surface area contributed by atoms with E-state index in [0.717, 1.165) is 31.6 Å². The Morgan fingerprint density at radius 2 is 1.74 bits per heavy atom. The predicted molar refractivity (Wildman–Crippen MR) is 95.5 cm³/mol. The number of halogens is 3. The number of aliphatic hydroxyl groups is 1. The van der Waals surface area contributed by atoms with Crippen molar-refractivity contribution >= 4 is 5.69 Å². The summed E-state index contributed by atoms with van der Waals surface area (Å²) in [6.45, 7) is 0.142. The van der Waals surface area contributed by atoms with Crippen LogP contribution in [-0.4, -0.2) is 75.4 Å². The molecule has 1 aromatic carbocycles. The van der Waals surface area contributed by atoms with E-state index in [-0.39, 0.29) is 12.6 Å². The average molecular weight is 392 g/mol. The number of alkyl halides is 3. The fourth-order valence-corrected chi connectivity index (χ4v) is 3.05. The Kier molecular flexibility index (Phi) is 8.00. The Labute approximate surface area is 157 Å². The van der Waals surface area contributed by atoms with E-state index in [9.17, 15) is 18.3 Å². The van der Waals surface area contributed by atoms with E-state index in [1.165, 1.54) is 0 Å². The maximum atomic E-state index is 12.0. The standard InChI is InChI=1S/C18H27F3N2O4/c1-25-16-7-14(8-17(9-16)26-2)22-13-3-5-23(6-4-13)10-15(24)11-27-12-18(19,20)21/h7-9,13,15,22,24H,3-6,10-12H2,1-2H3. The van der Waals surface area contributed by atoms with Crippen LogP contribution in [-0.2, 0) is 4.74 Å². The molecule has 2 rings (SSSR count). The summed E-state index contributed by atoms with van der Waals surface area (Å²) in [6, 6.07) is 5.86. The van der Waals surface area contributed by atoms with Gasteiger partial charge in [-0.25, -0.2) is 0 Å². The lowest BCUT2D eigenvalue weighted by Gasteiger charge is -2.34. The van der Waals surface area contributed by atoms with Crippen molar-refractivity contribution in [2.45, 2.75) is 31.2 Å². The van der Waals surface area contributed by atoms with E-state index in [4.69, 9.17) is 9.47 Å². The number of piperidine rings is 1. The van der Waals surface area contributed by atoms with Crippen LogP contribution in [0.4, 0.5) is 18.9 Å². The summed E-state index contributed by atoms with van der Waals surface area (Å²) in [5.74, 6) is 1.41.